The number of rotatable bonds is 8. The summed E-state index contributed by atoms with van der Waals surface area (Å²) in [6.45, 7) is 7.21. The third-order valence-corrected chi connectivity index (χ3v) is 4.70. The summed E-state index contributed by atoms with van der Waals surface area (Å²) in [6.07, 6.45) is 6.33. The van der Waals surface area contributed by atoms with Crippen LogP contribution in [0, 0.1) is 0 Å². The van der Waals surface area contributed by atoms with E-state index in [1.165, 1.54) is 12.8 Å². The van der Waals surface area contributed by atoms with Gasteiger partial charge in [-0.1, -0.05) is 38.8 Å². The number of carbonyl (C=O) groups excluding carboxylic acids is 2. The fourth-order valence-corrected chi connectivity index (χ4v) is 3.35. The molecule has 1 aromatic rings. The zero-order valence-electron chi connectivity index (χ0n) is 16.2. The van der Waals surface area contributed by atoms with Crippen molar-refractivity contribution in [2.75, 3.05) is 32.8 Å². The van der Waals surface area contributed by atoms with Gasteiger partial charge in [0.2, 0.25) is 0 Å². The third-order valence-electron chi connectivity index (χ3n) is 4.70. The Hall–Kier alpha value is -2.04. The van der Waals surface area contributed by atoms with Crippen molar-refractivity contribution in [3.63, 3.8) is 0 Å². The Morgan fingerprint density at radius 3 is 2.23 bits per heavy atom. The molecule has 0 unspecified atom stereocenters. The maximum absolute atomic E-state index is 12.9. The topological polar surface area (TPSA) is 49.9 Å². The maximum atomic E-state index is 12.9. The number of carbonyl (C=O) groups is 2. The summed E-state index contributed by atoms with van der Waals surface area (Å²) in [4.78, 5) is 29.1. The fraction of sp³-hybridized carbons (Fsp3) is 0.619. The minimum Gasteiger partial charge on any atom is -0.483 e. The first-order valence-corrected chi connectivity index (χ1v) is 9.96. The summed E-state index contributed by atoms with van der Waals surface area (Å²) in [6, 6.07) is 7.24. The molecule has 0 spiro atoms. The molecule has 0 saturated carbocycles. The first kappa shape index (κ1) is 20.3. The van der Waals surface area contributed by atoms with E-state index in [9.17, 15) is 9.59 Å². The minimum absolute atomic E-state index is 0.00752. The van der Waals surface area contributed by atoms with Crippen molar-refractivity contribution in [1.29, 1.82) is 0 Å². The number of nitrogens with zero attached hydrogens (tertiary/aromatic N) is 2. The summed E-state index contributed by atoms with van der Waals surface area (Å²) in [7, 11) is 0. The summed E-state index contributed by atoms with van der Waals surface area (Å²) in [5, 5.41) is 0. The third kappa shape index (κ3) is 5.75. The zero-order valence-corrected chi connectivity index (χ0v) is 16.2. The highest BCUT2D eigenvalue weighted by Crippen LogP contribution is 2.21. The van der Waals surface area contributed by atoms with Gasteiger partial charge in [0.15, 0.2) is 6.61 Å². The first-order valence-electron chi connectivity index (χ1n) is 9.96. The predicted octanol–water partition coefficient (Wildman–Crippen LogP) is 3.73. The van der Waals surface area contributed by atoms with Gasteiger partial charge in [0.25, 0.3) is 11.8 Å². The van der Waals surface area contributed by atoms with Gasteiger partial charge in [-0.2, -0.15) is 0 Å². The molecule has 1 heterocycles. The zero-order chi connectivity index (χ0) is 18.8. The van der Waals surface area contributed by atoms with E-state index in [1.807, 2.05) is 21.9 Å². The van der Waals surface area contributed by atoms with Crippen molar-refractivity contribution in [3.05, 3.63) is 29.8 Å². The lowest BCUT2D eigenvalue weighted by Crippen LogP contribution is -2.36. The van der Waals surface area contributed by atoms with E-state index in [-0.39, 0.29) is 18.4 Å². The van der Waals surface area contributed by atoms with Crippen LogP contribution in [0.25, 0.3) is 0 Å². The average Bonchev–Trinajstić information content (AvgIpc) is 2.95. The van der Waals surface area contributed by atoms with Crippen molar-refractivity contribution >= 4 is 11.8 Å². The van der Waals surface area contributed by atoms with Crippen molar-refractivity contribution in [1.82, 2.24) is 9.80 Å². The van der Waals surface area contributed by atoms with E-state index in [4.69, 9.17) is 4.74 Å². The molecule has 1 aliphatic heterocycles. The van der Waals surface area contributed by atoms with Crippen molar-refractivity contribution in [2.24, 2.45) is 0 Å². The molecule has 0 atom stereocenters. The second kappa shape index (κ2) is 10.8. The molecular formula is C21H32N2O3. The van der Waals surface area contributed by atoms with Crippen LogP contribution in [0.4, 0.5) is 0 Å². The number of amides is 2. The van der Waals surface area contributed by atoms with E-state index < -0.39 is 0 Å². The highest BCUT2D eigenvalue weighted by Gasteiger charge is 2.20. The maximum Gasteiger partial charge on any atom is 0.260 e. The van der Waals surface area contributed by atoms with Crippen LogP contribution >= 0.6 is 0 Å². The molecule has 0 radical (unpaired) electrons. The van der Waals surface area contributed by atoms with Crippen LogP contribution in [-0.4, -0.2) is 54.4 Å². The molecule has 144 valence electrons. The van der Waals surface area contributed by atoms with E-state index in [2.05, 4.69) is 13.8 Å². The van der Waals surface area contributed by atoms with Crippen LogP contribution in [0.5, 0.6) is 5.75 Å². The van der Waals surface area contributed by atoms with Crippen LogP contribution in [0.2, 0.25) is 0 Å². The Bertz CT molecular complexity index is 574. The molecule has 5 nitrogen and oxygen atoms in total. The lowest BCUT2D eigenvalue weighted by molar-refractivity contribution is -0.133. The van der Waals surface area contributed by atoms with E-state index in [1.54, 1.807) is 12.1 Å². The SMILES string of the molecule is CCCN(CCC)C(=O)c1ccccc1OCC(=O)N1CCCCCC1. The predicted molar refractivity (Wildman–Crippen MR) is 103 cm³/mol. The van der Waals surface area contributed by atoms with E-state index in [0.29, 0.717) is 11.3 Å². The van der Waals surface area contributed by atoms with Crippen molar-refractivity contribution < 1.29 is 14.3 Å². The Morgan fingerprint density at radius 1 is 1.00 bits per heavy atom. The van der Waals surface area contributed by atoms with Crippen molar-refractivity contribution in [3.8, 4) is 5.75 Å². The summed E-state index contributed by atoms with van der Waals surface area (Å²) < 4.78 is 5.78. The standard InChI is InChI=1S/C21H32N2O3/c1-3-13-23(14-4-2)21(25)18-11-7-8-12-19(18)26-17-20(24)22-15-9-5-6-10-16-22/h7-8,11-12H,3-6,9-10,13-17H2,1-2H3. The molecule has 2 rings (SSSR count). The van der Waals surface area contributed by atoms with Crippen LogP contribution in [0.15, 0.2) is 24.3 Å². The molecule has 0 aromatic heterocycles. The molecule has 2 amide bonds. The largest absolute Gasteiger partial charge is 0.483 e. The highest BCUT2D eigenvalue weighted by molar-refractivity contribution is 5.97. The lowest BCUT2D eigenvalue weighted by atomic mass is 10.1. The Balaban J connectivity index is 2.03. The summed E-state index contributed by atoms with van der Waals surface area (Å²) in [5.74, 6) is 0.484. The Kier molecular flexibility index (Phi) is 8.45. The van der Waals surface area contributed by atoms with Gasteiger partial charge in [-0.05, 0) is 37.8 Å². The van der Waals surface area contributed by atoms with E-state index in [0.717, 1.165) is 51.9 Å². The molecule has 1 aliphatic rings. The van der Waals surface area contributed by atoms with Gasteiger partial charge >= 0.3 is 0 Å². The van der Waals surface area contributed by atoms with Gasteiger partial charge in [-0.25, -0.2) is 0 Å². The highest BCUT2D eigenvalue weighted by atomic mass is 16.5. The number of likely N-dealkylation sites (tertiary alicyclic amines) is 1. The normalized spacial score (nSPS) is 14.6. The number of benzene rings is 1. The van der Waals surface area contributed by atoms with Crippen LogP contribution in [-0.2, 0) is 4.79 Å². The van der Waals surface area contributed by atoms with Gasteiger partial charge in [0, 0.05) is 26.2 Å². The monoisotopic (exact) mass is 360 g/mol. The Labute approximate surface area is 157 Å². The molecule has 1 saturated heterocycles. The number of hydrogen-bond donors (Lipinski definition) is 0. The van der Waals surface area contributed by atoms with Gasteiger partial charge in [0.05, 0.1) is 5.56 Å². The van der Waals surface area contributed by atoms with Crippen LogP contribution in [0.3, 0.4) is 0 Å². The molecule has 0 N–H and O–H groups in total. The second-order valence-corrected chi connectivity index (χ2v) is 6.87. The average molecular weight is 360 g/mol. The Morgan fingerprint density at radius 2 is 1.62 bits per heavy atom. The molecule has 0 aliphatic carbocycles. The van der Waals surface area contributed by atoms with Gasteiger partial charge in [-0.3, -0.25) is 9.59 Å². The number of ether oxygens (including phenoxy) is 1. The quantitative estimate of drug-likeness (QED) is 0.710. The van der Waals surface area contributed by atoms with Crippen LogP contribution in [0.1, 0.15) is 62.7 Å². The number of para-hydroxylation sites is 1. The van der Waals surface area contributed by atoms with Gasteiger partial charge in [0.1, 0.15) is 5.75 Å². The second-order valence-electron chi connectivity index (χ2n) is 6.87. The molecular weight excluding hydrogens is 328 g/mol. The van der Waals surface area contributed by atoms with E-state index >= 15 is 0 Å². The minimum atomic E-state index is -0.0217. The van der Waals surface area contributed by atoms with Crippen molar-refractivity contribution in [2.45, 2.75) is 52.4 Å². The fourth-order valence-electron chi connectivity index (χ4n) is 3.35. The van der Waals surface area contributed by atoms with Gasteiger partial charge < -0.3 is 14.5 Å². The molecule has 1 aromatic carbocycles. The van der Waals surface area contributed by atoms with Crippen LogP contribution < -0.4 is 4.74 Å². The first-order chi connectivity index (χ1) is 12.7. The van der Waals surface area contributed by atoms with Gasteiger partial charge in [-0.15, -0.1) is 0 Å². The molecule has 26 heavy (non-hydrogen) atoms. The summed E-state index contributed by atoms with van der Waals surface area (Å²) in [5.41, 5.74) is 0.540. The molecule has 1 fully saturated rings. The molecule has 5 heteroatoms. The summed E-state index contributed by atoms with van der Waals surface area (Å²) >= 11 is 0. The smallest absolute Gasteiger partial charge is 0.260 e. The number of hydrogen-bond acceptors (Lipinski definition) is 3. The lowest BCUT2D eigenvalue weighted by Gasteiger charge is -2.23. The molecule has 0 bridgehead atoms.